The third-order valence-electron chi connectivity index (χ3n) is 2.19. The molecule has 0 heterocycles. The Balaban J connectivity index is 5.94. The maximum atomic E-state index is 12.9. The molecule has 1 N–H and O–H groups in total. The largest absolute Gasteiger partial charge is 0.478 e. The van der Waals surface area contributed by atoms with Gasteiger partial charge in [-0.3, -0.25) is 0 Å². The predicted octanol–water partition coefficient (Wildman–Crippen LogP) is 3.82. The Hall–Kier alpha value is -1.49. The van der Waals surface area contributed by atoms with Crippen LogP contribution in [-0.4, -0.2) is 40.7 Å². The Bertz CT molecular complexity index is 434. The lowest BCUT2D eigenvalue weighted by Gasteiger charge is -2.37. The van der Waals surface area contributed by atoms with E-state index in [1.165, 1.54) is 0 Å². The quantitative estimate of drug-likeness (QED) is 0.591. The average molecular weight is 336 g/mol. The normalized spacial score (nSPS) is 15.6. The smallest absolute Gasteiger partial charge is 0.384 e. The van der Waals surface area contributed by atoms with Crippen LogP contribution < -0.4 is 0 Å². The van der Waals surface area contributed by atoms with Gasteiger partial charge in [-0.1, -0.05) is 0 Å². The monoisotopic (exact) mass is 336 g/mol. The van der Waals surface area contributed by atoms with Crippen molar-refractivity contribution in [3.8, 4) is 0 Å². The summed E-state index contributed by atoms with van der Waals surface area (Å²) in [5.74, 6) is -35.1. The van der Waals surface area contributed by atoms with Crippen molar-refractivity contribution < 1.29 is 53.8 Å². The molecule has 0 aliphatic rings. The standard InChI is InChI=1S/C9H6F10O2/c1-5(10,11)7(14,15)9(18,19)8(16,17)6(12,13)3-2-4(20)21/h2-3H,1H3,(H,20,21). The number of aliphatic carboxylic acids is 1. The van der Waals surface area contributed by atoms with E-state index in [9.17, 15) is 48.7 Å². The van der Waals surface area contributed by atoms with Gasteiger partial charge in [0.05, 0.1) is 0 Å². The first-order chi connectivity index (χ1) is 8.92. The van der Waals surface area contributed by atoms with Crippen molar-refractivity contribution in [2.24, 2.45) is 0 Å². The molecule has 12 heteroatoms. The van der Waals surface area contributed by atoms with Crippen molar-refractivity contribution >= 4 is 5.97 Å². The van der Waals surface area contributed by atoms with Crippen LogP contribution in [0.4, 0.5) is 43.9 Å². The number of carboxylic acids is 1. The summed E-state index contributed by atoms with van der Waals surface area (Å²) >= 11 is 0. The van der Waals surface area contributed by atoms with Crippen LogP contribution in [0.25, 0.3) is 0 Å². The summed E-state index contributed by atoms with van der Waals surface area (Å²) in [4.78, 5) is 9.86. The number of carbonyl (C=O) groups is 1. The first-order valence-electron chi connectivity index (χ1n) is 4.73. The summed E-state index contributed by atoms with van der Waals surface area (Å²) in [5, 5.41) is 7.91. The fourth-order valence-electron chi connectivity index (χ4n) is 0.963. The zero-order valence-corrected chi connectivity index (χ0v) is 9.79. The van der Waals surface area contributed by atoms with E-state index in [0.717, 1.165) is 0 Å². The molecule has 0 aromatic heterocycles. The minimum absolute atomic E-state index is 0.716. The van der Waals surface area contributed by atoms with Gasteiger partial charge in [-0.2, -0.15) is 43.9 Å². The van der Waals surface area contributed by atoms with Gasteiger partial charge in [0.1, 0.15) is 0 Å². The van der Waals surface area contributed by atoms with Crippen LogP contribution in [0.15, 0.2) is 12.2 Å². The number of halogens is 10. The van der Waals surface area contributed by atoms with Crippen LogP contribution in [0.2, 0.25) is 0 Å². The van der Waals surface area contributed by atoms with Crippen LogP contribution in [0.1, 0.15) is 6.92 Å². The average Bonchev–Trinajstić information content (AvgIpc) is 2.24. The third-order valence-corrected chi connectivity index (χ3v) is 2.19. The molecule has 0 atom stereocenters. The molecule has 0 saturated heterocycles. The molecule has 0 spiro atoms. The molecule has 124 valence electrons. The van der Waals surface area contributed by atoms with E-state index in [4.69, 9.17) is 5.11 Å². The summed E-state index contributed by atoms with van der Waals surface area (Å²) in [6, 6.07) is 0. The first-order valence-corrected chi connectivity index (χ1v) is 4.73. The van der Waals surface area contributed by atoms with Crippen molar-refractivity contribution in [2.45, 2.75) is 36.5 Å². The second-order valence-corrected chi connectivity index (χ2v) is 3.91. The molecule has 0 rings (SSSR count). The van der Waals surface area contributed by atoms with Gasteiger partial charge < -0.3 is 5.11 Å². The first kappa shape index (κ1) is 19.5. The van der Waals surface area contributed by atoms with E-state index in [1.807, 2.05) is 0 Å². The van der Waals surface area contributed by atoms with Crippen molar-refractivity contribution in [2.75, 3.05) is 0 Å². The molecule has 0 aliphatic heterocycles. The van der Waals surface area contributed by atoms with Crippen LogP contribution in [0.3, 0.4) is 0 Å². The molecule has 0 amide bonds. The summed E-state index contributed by atoms with van der Waals surface area (Å²) < 4.78 is 127. The van der Waals surface area contributed by atoms with Crippen LogP contribution in [-0.2, 0) is 4.79 Å². The number of allylic oxidation sites excluding steroid dienone is 1. The van der Waals surface area contributed by atoms with Crippen molar-refractivity contribution in [3.05, 3.63) is 12.2 Å². The Kier molecular flexibility index (Phi) is 4.70. The molecule has 0 aromatic carbocycles. The lowest BCUT2D eigenvalue weighted by molar-refractivity contribution is -0.391. The highest BCUT2D eigenvalue weighted by Gasteiger charge is 2.84. The molecule has 21 heavy (non-hydrogen) atoms. The minimum atomic E-state index is -7.16. The zero-order chi connectivity index (χ0) is 17.5. The molecule has 0 aromatic rings. The van der Waals surface area contributed by atoms with Gasteiger partial charge >= 0.3 is 35.6 Å². The maximum absolute atomic E-state index is 12.9. The number of hydrogen-bond acceptors (Lipinski definition) is 1. The summed E-state index contributed by atoms with van der Waals surface area (Å²) in [6.07, 6.45) is -2.01. The number of rotatable bonds is 6. The molecule has 0 saturated carbocycles. The SMILES string of the molecule is CC(F)(F)C(F)(F)C(F)(F)C(F)(F)C(F)(F)C=CC(=O)O. The van der Waals surface area contributed by atoms with E-state index < -0.39 is 54.7 Å². The maximum Gasteiger partial charge on any atom is 0.384 e. The summed E-state index contributed by atoms with van der Waals surface area (Å²) in [7, 11) is 0. The number of carboxylic acid groups (broad SMARTS) is 1. The van der Waals surface area contributed by atoms with Gasteiger partial charge in [0.2, 0.25) is 0 Å². The van der Waals surface area contributed by atoms with Crippen molar-refractivity contribution in [1.29, 1.82) is 0 Å². The van der Waals surface area contributed by atoms with E-state index in [0.29, 0.717) is 0 Å². The fraction of sp³-hybridized carbons (Fsp3) is 0.667. The molecule has 2 nitrogen and oxygen atoms in total. The van der Waals surface area contributed by atoms with Gasteiger partial charge in [-0.15, -0.1) is 0 Å². The predicted molar refractivity (Wildman–Crippen MR) is 47.2 cm³/mol. The second-order valence-electron chi connectivity index (χ2n) is 3.91. The third kappa shape index (κ3) is 3.07. The molecule has 0 unspecified atom stereocenters. The molecule has 0 radical (unpaired) electrons. The Labute approximate surface area is 110 Å². The Morgan fingerprint density at radius 1 is 0.810 bits per heavy atom. The van der Waals surface area contributed by atoms with E-state index in [1.54, 1.807) is 0 Å². The van der Waals surface area contributed by atoms with Gasteiger partial charge in [0.25, 0.3) is 0 Å². The minimum Gasteiger partial charge on any atom is -0.478 e. The number of hydrogen-bond donors (Lipinski definition) is 1. The highest BCUT2D eigenvalue weighted by atomic mass is 19.4. The molecular weight excluding hydrogens is 330 g/mol. The summed E-state index contributed by atoms with van der Waals surface area (Å²) in [6.45, 7) is -0.859. The molecule has 0 aliphatic carbocycles. The molecular formula is C9H6F10O2. The van der Waals surface area contributed by atoms with Gasteiger partial charge in [-0.05, 0) is 6.08 Å². The highest BCUT2D eigenvalue weighted by Crippen LogP contribution is 2.57. The lowest BCUT2D eigenvalue weighted by Crippen LogP contribution is -2.66. The van der Waals surface area contributed by atoms with Crippen molar-refractivity contribution in [1.82, 2.24) is 0 Å². The van der Waals surface area contributed by atoms with E-state index in [2.05, 4.69) is 0 Å². The fourth-order valence-corrected chi connectivity index (χ4v) is 0.963. The van der Waals surface area contributed by atoms with Crippen LogP contribution in [0, 0.1) is 0 Å². The van der Waals surface area contributed by atoms with E-state index in [-0.39, 0.29) is 0 Å². The topological polar surface area (TPSA) is 37.3 Å². The van der Waals surface area contributed by atoms with Crippen LogP contribution in [0.5, 0.6) is 0 Å². The van der Waals surface area contributed by atoms with Gasteiger partial charge in [0.15, 0.2) is 0 Å². The van der Waals surface area contributed by atoms with Gasteiger partial charge in [-0.25, -0.2) is 4.79 Å². The van der Waals surface area contributed by atoms with Crippen LogP contribution >= 0.6 is 0 Å². The Morgan fingerprint density at radius 2 is 1.19 bits per heavy atom. The molecule has 0 fully saturated rings. The Morgan fingerprint density at radius 3 is 1.48 bits per heavy atom. The summed E-state index contributed by atoms with van der Waals surface area (Å²) in [5.41, 5.74) is 0. The zero-order valence-electron chi connectivity index (χ0n) is 9.79. The number of alkyl halides is 10. The van der Waals surface area contributed by atoms with Crippen molar-refractivity contribution in [3.63, 3.8) is 0 Å². The highest BCUT2D eigenvalue weighted by molar-refractivity contribution is 5.79. The lowest BCUT2D eigenvalue weighted by atomic mass is 9.95. The molecule has 0 bridgehead atoms. The second kappa shape index (κ2) is 5.05. The van der Waals surface area contributed by atoms with E-state index >= 15 is 0 Å². The van der Waals surface area contributed by atoms with Gasteiger partial charge in [0, 0.05) is 13.0 Å².